The molecule has 0 spiro atoms. The van der Waals surface area contributed by atoms with Gasteiger partial charge in [0.15, 0.2) is 6.29 Å². The molecule has 0 aliphatic heterocycles. The van der Waals surface area contributed by atoms with E-state index in [0.29, 0.717) is 0 Å². The molecular weight excluding hydrogens is 316 g/mol. The van der Waals surface area contributed by atoms with Gasteiger partial charge in [0.05, 0.1) is 11.5 Å². The van der Waals surface area contributed by atoms with E-state index in [-0.39, 0.29) is 11.2 Å². The summed E-state index contributed by atoms with van der Waals surface area (Å²) < 4.78 is 28.8. The zero-order valence-corrected chi connectivity index (χ0v) is 12.5. The van der Waals surface area contributed by atoms with Crippen molar-refractivity contribution in [3.8, 4) is 0 Å². The fourth-order valence-electron chi connectivity index (χ4n) is 1.63. The van der Waals surface area contributed by atoms with Crippen molar-refractivity contribution in [2.45, 2.75) is 36.2 Å². The molecule has 22 heavy (non-hydrogen) atoms. The number of benzene rings is 1. The first-order valence-electron chi connectivity index (χ1n) is 6.33. The Bertz CT molecular complexity index is 583. The van der Waals surface area contributed by atoms with Crippen LogP contribution in [0.4, 0.5) is 0 Å². The number of aliphatic hydroxyl groups is 4. The Hall–Kier alpha value is -1.36. The third kappa shape index (κ3) is 4.57. The molecule has 0 aromatic heterocycles. The summed E-state index contributed by atoms with van der Waals surface area (Å²) in [5, 5.41) is 37.3. The summed E-state index contributed by atoms with van der Waals surface area (Å²) in [6, 6.07) is 5.54. The van der Waals surface area contributed by atoms with Crippen LogP contribution in [-0.4, -0.2) is 66.2 Å². The Kier molecular flexibility index (Phi) is 6.60. The van der Waals surface area contributed by atoms with E-state index in [9.17, 15) is 28.5 Å². The zero-order valence-electron chi connectivity index (χ0n) is 11.7. The van der Waals surface area contributed by atoms with Crippen molar-refractivity contribution in [2.75, 3.05) is 6.61 Å². The number of rotatable bonds is 8. The molecule has 0 aliphatic carbocycles. The lowest BCUT2D eigenvalue weighted by Gasteiger charge is -2.26. The van der Waals surface area contributed by atoms with Crippen LogP contribution in [0.3, 0.4) is 0 Å². The predicted molar refractivity (Wildman–Crippen MR) is 74.4 cm³/mol. The Morgan fingerprint density at radius 2 is 1.73 bits per heavy atom. The Morgan fingerprint density at radius 3 is 2.18 bits per heavy atom. The third-order valence-electron chi connectivity index (χ3n) is 2.94. The number of carbonyl (C=O) groups excluding carboxylic acids is 1. The molecule has 0 fully saturated rings. The minimum absolute atomic E-state index is 0.0390. The van der Waals surface area contributed by atoms with Gasteiger partial charge in [0, 0.05) is 0 Å². The quantitative estimate of drug-likeness (QED) is 0.327. The van der Waals surface area contributed by atoms with Crippen LogP contribution in [0, 0.1) is 6.92 Å². The second-order valence-corrected chi connectivity index (χ2v) is 6.27. The molecule has 1 aromatic rings. The van der Waals surface area contributed by atoms with Crippen molar-refractivity contribution in [3.63, 3.8) is 0 Å². The number of hydrogen-bond acceptors (Lipinski definition) is 8. The molecule has 124 valence electrons. The highest BCUT2D eigenvalue weighted by Gasteiger charge is 2.37. The Morgan fingerprint density at radius 1 is 1.18 bits per heavy atom. The summed E-state index contributed by atoms with van der Waals surface area (Å²) in [7, 11) is -4.39. The third-order valence-corrected chi connectivity index (χ3v) is 4.27. The first-order valence-corrected chi connectivity index (χ1v) is 7.74. The highest BCUT2D eigenvalue weighted by atomic mass is 32.2. The van der Waals surface area contributed by atoms with Crippen molar-refractivity contribution < 1.29 is 37.8 Å². The molecule has 0 amide bonds. The van der Waals surface area contributed by atoms with E-state index in [4.69, 9.17) is 5.11 Å². The van der Waals surface area contributed by atoms with E-state index in [1.54, 1.807) is 6.92 Å². The van der Waals surface area contributed by atoms with Gasteiger partial charge in [-0.25, -0.2) is 0 Å². The maximum Gasteiger partial charge on any atom is 0.297 e. The average Bonchev–Trinajstić information content (AvgIpc) is 2.50. The SMILES string of the molecule is Cc1ccc(S(=O)(=O)OC(C(O)C=O)C(O)C(O)CO)cc1. The van der Waals surface area contributed by atoms with E-state index in [2.05, 4.69) is 4.18 Å². The molecule has 8 nitrogen and oxygen atoms in total. The van der Waals surface area contributed by atoms with E-state index < -0.39 is 41.1 Å². The molecule has 1 aromatic carbocycles. The van der Waals surface area contributed by atoms with Gasteiger partial charge in [-0.3, -0.25) is 4.18 Å². The Labute approximate surface area is 127 Å². The molecule has 0 radical (unpaired) electrons. The average molecular weight is 334 g/mol. The van der Waals surface area contributed by atoms with Crippen molar-refractivity contribution >= 4 is 16.4 Å². The lowest BCUT2D eigenvalue weighted by molar-refractivity contribution is -0.131. The number of aryl methyl sites for hydroxylation is 1. The minimum atomic E-state index is -4.39. The fraction of sp³-hybridized carbons (Fsp3) is 0.462. The van der Waals surface area contributed by atoms with E-state index in [1.807, 2.05) is 0 Å². The molecule has 0 saturated carbocycles. The summed E-state index contributed by atoms with van der Waals surface area (Å²) in [6.45, 7) is 0.842. The van der Waals surface area contributed by atoms with Crippen LogP contribution in [0.2, 0.25) is 0 Å². The number of hydrogen-bond donors (Lipinski definition) is 4. The van der Waals surface area contributed by atoms with Gasteiger partial charge in [0.2, 0.25) is 0 Å². The lowest BCUT2D eigenvalue weighted by atomic mass is 10.0. The highest BCUT2D eigenvalue weighted by molar-refractivity contribution is 7.86. The van der Waals surface area contributed by atoms with Gasteiger partial charge >= 0.3 is 0 Å². The van der Waals surface area contributed by atoms with Crippen molar-refractivity contribution in [3.05, 3.63) is 29.8 Å². The number of aldehydes is 1. The van der Waals surface area contributed by atoms with Crippen LogP contribution < -0.4 is 0 Å². The summed E-state index contributed by atoms with van der Waals surface area (Å²) >= 11 is 0. The minimum Gasteiger partial charge on any atom is -0.394 e. The van der Waals surface area contributed by atoms with Crippen LogP contribution in [-0.2, 0) is 19.1 Å². The Balaban J connectivity index is 3.07. The second-order valence-electron chi connectivity index (χ2n) is 4.70. The normalized spacial score (nSPS) is 17.5. The standard InChI is InChI=1S/C13H18O8S/c1-8-2-4-9(5-3-8)22(19,20)21-13(11(17)7-15)12(18)10(16)6-14/h2-5,7,10-14,16-18H,6H2,1H3. The van der Waals surface area contributed by atoms with Crippen LogP contribution in [0.25, 0.3) is 0 Å². The number of carbonyl (C=O) groups is 1. The molecule has 0 heterocycles. The maximum absolute atomic E-state index is 12.1. The van der Waals surface area contributed by atoms with Crippen LogP contribution in [0.1, 0.15) is 5.56 Å². The molecule has 9 heteroatoms. The van der Waals surface area contributed by atoms with Crippen LogP contribution >= 0.6 is 0 Å². The molecule has 0 bridgehead atoms. The molecule has 4 unspecified atom stereocenters. The van der Waals surface area contributed by atoms with Crippen molar-refractivity contribution in [1.29, 1.82) is 0 Å². The molecule has 0 saturated heterocycles. The largest absolute Gasteiger partial charge is 0.394 e. The monoisotopic (exact) mass is 334 g/mol. The topological polar surface area (TPSA) is 141 Å². The predicted octanol–water partition coefficient (Wildman–Crippen LogP) is -1.66. The van der Waals surface area contributed by atoms with Gasteiger partial charge in [-0.05, 0) is 19.1 Å². The lowest BCUT2D eigenvalue weighted by Crippen LogP contribution is -2.48. The van der Waals surface area contributed by atoms with E-state index >= 15 is 0 Å². The summed E-state index contributed by atoms with van der Waals surface area (Å²) in [5.41, 5.74) is 0.805. The van der Waals surface area contributed by atoms with Gasteiger partial charge in [-0.1, -0.05) is 17.7 Å². The fourth-order valence-corrected chi connectivity index (χ4v) is 2.73. The summed E-state index contributed by atoms with van der Waals surface area (Å²) in [6.07, 6.45) is -7.76. The maximum atomic E-state index is 12.1. The molecule has 4 atom stereocenters. The summed E-state index contributed by atoms with van der Waals surface area (Å²) in [4.78, 5) is 10.4. The summed E-state index contributed by atoms with van der Waals surface area (Å²) in [5.74, 6) is 0. The van der Waals surface area contributed by atoms with Gasteiger partial charge in [-0.2, -0.15) is 8.42 Å². The van der Waals surface area contributed by atoms with E-state index in [0.717, 1.165) is 5.56 Å². The van der Waals surface area contributed by atoms with Gasteiger partial charge in [0.25, 0.3) is 10.1 Å². The van der Waals surface area contributed by atoms with Gasteiger partial charge in [-0.15, -0.1) is 0 Å². The number of aliphatic hydroxyl groups excluding tert-OH is 4. The second kappa shape index (κ2) is 7.77. The van der Waals surface area contributed by atoms with Crippen molar-refractivity contribution in [1.82, 2.24) is 0 Å². The molecule has 4 N–H and O–H groups in total. The van der Waals surface area contributed by atoms with E-state index in [1.165, 1.54) is 24.3 Å². The molecule has 1 rings (SSSR count). The molecular formula is C13H18O8S. The van der Waals surface area contributed by atoms with Gasteiger partial charge in [0.1, 0.15) is 24.4 Å². The smallest absolute Gasteiger partial charge is 0.297 e. The van der Waals surface area contributed by atoms with Crippen LogP contribution in [0.5, 0.6) is 0 Å². The highest BCUT2D eigenvalue weighted by Crippen LogP contribution is 2.19. The van der Waals surface area contributed by atoms with Crippen molar-refractivity contribution in [2.24, 2.45) is 0 Å². The first-order chi connectivity index (χ1) is 10.2. The van der Waals surface area contributed by atoms with Crippen LogP contribution in [0.15, 0.2) is 29.2 Å². The molecule has 0 aliphatic rings. The van der Waals surface area contributed by atoms with Gasteiger partial charge < -0.3 is 25.2 Å². The first kappa shape index (κ1) is 18.7. The zero-order chi connectivity index (χ0) is 16.9.